The van der Waals surface area contributed by atoms with Crippen molar-refractivity contribution in [1.29, 1.82) is 0 Å². The molecular formula is C14H23N5. The molecule has 2 heterocycles. The number of nitrogens with zero attached hydrogens (tertiary/aromatic N) is 4. The zero-order valence-corrected chi connectivity index (χ0v) is 12.4. The molecule has 0 aliphatic carbocycles. The monoisotopic (exact) mass is 261 g/mol. The van der Waals surface area contributed by atoms with E-state index in [4.69, 9.17) is 5.73 Å². The minimum atomic E-state index is 0.0137. The fourth-order valence-corrected chi connectivity index (χ4v) is 2.30. The molecule has 19 heavy (non-hydrogen) atoms. The minimum Gasteiger partial charge on any atom is -0.329 e. The lowest BCUT2D eigenvalue weighted by atomic mass is 10.0. The maximum atomic E-state index is 6.24. The van der Waals surface area contributed by atoms with E-state index in [1.54, 1.807) is 0 Å². The Kier molecular flexibility index (Phi) is 3.75. The number of aryl methyl sites for hydroxylation is 2. The first-order valence-electron chi connectivity index (χ1n) is 6.66. The summed E-state index contributed by atoms with van der Waals surface area (Å²) in [6.45, 7) is 9.17. The summed E-state index contributed by atoms with van der Waals surface area (Å²) in [5.74, 6) is 0.395. The molecule has 1 unspecified atom stereocenters. The zero-order chi connectivity index (χ0) is 14.2. The first kappa shape index (κ1) is 13.8. The lowest BCUT2D eigenvalue weighted by molar-refractivity contribution is 0.484. The van der Waals surface area contributed by atoms with Crippen LogP contribution in [-0.4, -0.2) is 19.3 Å². The molecule has 0 fully saturated rings. The van der Waals surface area contributed by atoms with Gasteiger partial charge in [0, 0.05) is 30.5 Å². The van der Waals surface area contributed by atoms with Crippen molar-refractivity contribution in [1.82, 2.24) is 19.3 Å². The molecule has 0 radical (unpaired) electrons. The molecule has 0 aliphatic heterocycles. The Morgan fingerprint density at radius 3 is 2.53 bits per heavy atom. The van der Waals surface area contributed by atoms with Gasteiger partial charge in [0.2, 0.25) is 0 Å². The maximum absolute atomic E-state index is 6.24. The highest BCUT2D eigenvalue weighted by molar-refractivity contribution is 5.25. The van der Waals surface area contributed by atoms with Gasteiger partial charge in [-0.1, -0.05) is 13.8 Å². The first-order valence-corrected chi connectivity index (χ1v) is 6.66. The van der Waals surface area contributed by atoms with E-state index < -0.39 is 0 Å². The summed E-state index contributed by atoms with van der Waals surface area (Å²) < 4.78 is 4.05. The van der Waals surface area contributed by atoms with E-state index in [1.807, 2.05) is 31.2 Å². The molecule has 0 saturated carbocycles. The van der Waals surface area contributed by atoms with Crippen molar-refractivity contribution >= 4 is 0 Å². The normalized spacial score (nSPS) is 13.2. The molecule has 0 spiro atoms. The highest BCUT2D eigenvalue weighted by Gasteiger charge is 2.17. The number of imidazole rings is 1. The van der Waals surface area contributed by atoms with Gasteiger partial charge in [-0.15, -0.1) is 0 Å². The quantitative estimate of drug-likeness (QED) is 0.915. The molecule has 2 N–H and O–H groups in total. The van der Waals surface area contributed by atoms with E-state index in [0.29, 0.717) is 5.92 Å². The summed E-state index contributed by atoms with van der Waals surface area (Å²) in [5, 5.41) is 4.45. The van der Waals surface area contributed by atoms with Crippen molar-refractivity contribution < 1.29 is 0 Å². The lowest BCUT2D eigenvalue weighted by Crippen LogP contribution is -2.20. The smallest absolute Gasteiger partial charge is 0.0951 e. The van der Waals surface area contributed by atoms with Gasteiger partial charge in [0.05, 0.1) is 24.3 Å². The second-order valence-electron chi connectivity index (χ2n) is 5.49. The summed E-state index contributed by atoms with van der Waals surface area (Å²) in [6.07, 6.45) is 3.72. The van der Waals surface area contributed by atoms with Crippen molar-refractivity contribution in [3.8, 4) is 0 Å². The average Bonchev–Trinajstić information content (AvgIpc) is 2.89. The predicted molar refractivity (Wildman–Crippen MR) is 75.8 cm³/mol. The van der Waals surface area contributed by atoms with Crippen LogP contribution >= 0.6 is 0 Å². The van der Waals surface area contributed by atoms with Crippen LogP contribution in [0, 0.1) is 19.8 Å². The molecular weight excluding hydrogens is 238 g/mol. The Hall–Kier alpha value is -1.62. The standard InChI is InChI=1S/C14H23N5/c1-9(2)14(15)13-6-16-8-19(13)7-12-10(3)17-18(5)11(12)4/h6,8-9,14H,7,15H2,1-5H3. The zero-order valence-electron chi connectivity index (χ0n) is 12.4. The summed E-state index contributed by atoms with van der Waals surface area (Å²) in [6, 6.07) is 0.0137. The molecule has 5 nitrogen and oxygen atoms in total. The topological polar surface area (TPSA) is 61.7 Å². The van der Waals surface area contributed by atoms with Crippen LogP contribution in [0.2, 0.25) is 0 Å². The Morgan fingerprint density at radius 2 is 2.00 bits per heavy atom. The van der Waals surface area contributed by atoms with Gasteiger partial charge in [-0.3, -0.25) is 4.68 Å². The van der Waals surface area contributed by atoms with Crippen LogP contribution < -0.4 is 5.73 Å². The molecule has 2 aromatic rings. The Bertz CT molecular complexity index is 564. The van der Waals surface area contributed by atoms with Crippen LogP contribution in [0.5, 0.6) is 0 Å². The molecule has 104 valence electrons. The summed E-state index contributed by atoms with van der Waals surface area (Å²) >= 11 is 0. The summed E-state index contributed by atoms with van der Waals surface area (Å²) in [7, 11) is 1.97. The third-order valence-corrected chi connectivity index (χ3v) is 3.79. The van der Waals surface area contributed by atoms with Gasteiger partial charge >= 0.3 is 0 Å². The van der Waals surface area contributed by atoms with Gasteiger partial charge in [-0.05, 0) is 19.8 Å². The molecule has 1 atom stereocenters. The molecule has 0 amide bonds. The van der Waals surface area contributed by atoms with Crippen LogP contribution in [0.4, 0.5) is 0 Å². The maximum Gasteiger partial charge on any atom is 0.0951 e. The van der Waals surface area contributed by atoms with E-state index in [9.17, 15) is 0 Å². The first-order chi connectivity index (χ1) is 8.91. The van der Waals surface area contributed by atoms with Crippen LogP contribution in [0.1, 0.15) is 42.5 Å². The third kappa shape index (κ3) is 2.56. The second-order valence-corrected chi connectivity index (χ2v) is 5.49. The van der Waals surface area contributed by atoms with Gasteiger partial charge in [-0.25, -0.2) is 4.98 Å². The van der Waals surface area contributed by atoms with Gasteiger partial charge < -0.3 is 10.3 Å². The van der Waals surface area contributed by atoms with Crippen molar-refractivity contribution in [3.63, 3.8) is 0 Å². The fraction of sp³-hybridized carbons (Fsp3) is 0.571. The number of hydrogen-bond acceptors (Lipinski definition) is 3. The van der Waals surface area contributed by atoms with Gasteiger partial charge in [0.15, 0.2) is 0 Å². The molecule has 2 aromatic heterocycles. The van der Waals surface area contributed by atoms with Crippen LogP contribution in [0.15, 0.2) is 12.5 Å². The predicted octanol–water partition coefficient (Wildman–Crippen LogP) is 1.94. The molecule has 2 rings (SSSR count). The van der Waals surface area contributed by atoms with Crippen LogP contribution in [0.3, 0.4) is 0 Å². The Morgan fingerprint density at radius 1 is 1.32 bits per heavy atom. The minimum absolute atomic E-state index is 0.0137. The van der Waals surface area contributed by atoms with E-state index >= 15 is 0 Å². The molecule has 0 aromatic carbocycles. The van der Waals surface area contributed by atoms with E-state index in [0.717, 1.165) is 17.9 Å². The summed E-state index contributed by atoms with van der Waals surface area (Å²) in [5.41, 5.74) is 10.8. The Balaban J connectivity index is 2.32. The average molecular weight is 261 g/mol. The molecule has 0 bridgehead atoms. The van der Waals surface area contributed by atoms with Crippen LogP contribution in [0.25, 0.3) is 0 Å². The van der Waals surface area contributed by atoms with E-state index in [2.05, 4.69) is 35.4 Å². The largest absolute Gasteiger partial charge is 0.329 e. The second kappa shape index (κ2) is 5.17. The van der Waals surface area contributed by atoms with Crippen molar-refractivity contribution in [2.24, 2.45) is 18.7 Å². The number of rotatable bonds is 4. The highest BCUT2D eigenvalue weighted by atomic mass is 15.3. The fourth-order valence-electron chi connectivity index (χ4n) is 2.30. The molecule has 5 heteroatoms. The Labute approximate surface area is 114 Å². The van der Waals surface area contributed by atoms with Crippen molar-refractivity contribution in [3.05, 3.63) is 35.2 Å². The highest BCUT2D eigenvalue weighted by Crippen LogP contribution is 2.21. The number of nitrogens with two attached hydrogens (primary N) is 1. The van der Waals surface area contributed by atoms with E-state index in [-0.39, 0.29) is 6.04 Å². The summed E-state index contributed by atoms with van der Waals surface area (Å²) in [4.78, 5) is 4.24. The number of hydrogen-bond donors (Lipinski definition) is 1. The third-order valence-electron chi connectivity index (χ3n) is 3.79. The van der Waals surface area contributed by atoms with Crippen molar-refractivity contribution in [2.75, 3.05) is 0 Å². The van der Waals surface area contributed by atoms with Gasteiger partial charge in [-0.2, -0.15) is 5.10 Å². The molecule has 0 saturated heterocycles. The number of aromatic nitrogens is 4. The van der Waals surface area contributed by atoms with Crippen LogP contribution in [-0.2, 0) is 13.6 Å². The molecule has 0 aliphatic rings. The van der Waals surface area contributed by atoms with Crippen molar-refractivity contribution in [2.45, 2.75) is 40.3 Å². The lowest BCUT2D eigenvalue weighted by Gasteiger charge is -2.18. The van der Waals surface area contributed by atoms with Gasteiger partial charge in [0.25, 0.3) is 0 Å². The SMILES string of the molecule is Cc1nn(C)c(C)c1Cn1cncc1C(N)C(C)C. The van der Waals surface area contributed by atoms with E-state index in [1.165, 1.54) is 11.3 Å². The van der Waals surface area contributed by atoms with Gasteiger partial charge in [0.1, 0.15) is 0 Å².